The van der Waals surface area contributed by atoms with E-state index in [2.05, 4.69) is 5.10 Å². The molecular formula is C18H23N3O3. The third kappa shape index (κ3) is 4.44. The predicted molar refractivity (Wildman–Crippen MR) is 92.3 cm³/mol. The molecule has 0 atom stereocenters. The minimum atomic E-state index is -0.323. The van der Waals surface area contributed by atoms with E-state index < -0.39 is 0 Å². The fraction of sp³-hybridized carbons (Fsp3) is 0.389. The first-order chi connectivity index (χ1) is 11.3. The zero-order valence-corrected chi connectivity index (χ0v) is 14.5. The maximum Gasteiger partial charge on any atom is 0.274 e. The van der Waals surface area contributed by atoms with Gasteiger partial charge in [-0.15, -0.1) is 0 Å². The number of ether oxygens (including phenoxy) is 1. The van der Waals surface area contributed by atoms with E-state index in [1.54, 1.807) is 11.9 Å². The average molecular weight is 329 g/mol. The summed E-state index contributed by atoms with van der Waals surface area (Å²) in [6.45, 7) is 6.38. The molecule has 0 N–H and O–H groups in total. The highest BCUT2D eigenvalue weighted by Gasteiger charge is 2.24. The summed E-state index contributed by atoms with van der Waals surface area (Å²) >= 11 is 0. The van der Waals surface area contributed by atoms with Crippen molar-refractivity contribution in [2.45, 2.75) is 32.9 Å². The Bertz CT molecular complexity index is 748. The lowest BCUT2D eigenvalue weighted by atomic mass is 10.1. The van der Waals surface area contributed by atoms with Gasteiger partial charge in [0.05, 0.1) is 6.54 Å². The SMILES string of the molecule is CN(C(=O)c1ccc(=O)n(CCOc2ccccc2)n1)C(C)(C)C. The molecule has 1 aromatic heterocycles. The van der Waals surface area contributed by atoms with Crippen LogP contribution >= 0.6 is 0 Å². The van der Waals surface area contributed by atoms with Gasteiger partial charge in [0.1, 0.15) is 18.1 Å². The molecule has 2 rings (SSSR count). The largest absolute Gasteiger partial charge is 0.492 e. The maximum absolute atomic E-state index is 12.5. The molecule has 0 aliphatic carbocycles. The Hall–Kier alpha value is -2.63. The van der Waals surface area contributed by atoms with Gasteiger partial charge in [-0.1, -0.05) is 18.2 Å². The van der Waals surface area contributed by atoms with Crippen molar-refractivity contribution in [3.05, 3.63) is 58.5 Å². The summed E-state index contributed by atoms with van der Waals surface area (Å²) < 4.78 is 6.83. The van der Waals surface area contributed by atoms with E-state index in [9.17, 15) is 9.59 Å². The molecule has 0 radical (unpaired) electrons. The summed E-state index contributed by atoms with van der Waals surface area (Å²) in [5.74, 6) is 0.505. The summed E-state index contributed by atoms with van der Waals surface area (Å²) in [4.78, 5) is 26.0. The molecular weight excluding hydrogens is 306 g/mol. The number of benzene rings is 1. The van der Waals surface area contributed by atoms with Crippen LogP contribution in [0.5, 0.6) is 5.75 Å². The molecule has 0 spiro atoms. The molecule has 128 valence electrons. The van der Waals surface area contributed by atoms with E-state index >= 15 is 0 Å². The van der Waals surface area contributed by atoms with Crippen molar-refractivity contribution in [1.82, 2.24) is 14.7 Å². The summed E-state index contributed by atoms with van der Waals surface area (Å²) in [7, 11) is 1.72. The zero-order valence-electron chi connectivity index (χ0n) is 14.5. The molecule has 0 bridgehead atoms. The van der Waals surface area contributed by atoms with Gasteiger partial charge in [0.25, 0.3) is 11.5 Å². The quantitative estimate of drug-likeness (QED) is 0.843. The van der Waals surface area contributed by atoms with Crippen molar-refractivity contribution in [2.75, 3.05) is 13.7 Å². The van der Waals surface area contributed by atoms with Gasteiger partial charge in [-0.2, -0.15) is 5.10 Å². The minimum Gasteiger partial charge on any atom is -0.492 e. The molecule has 0 unspecified atom stereocenters. The number of hydrogen-bond acceptors (Lipinski definition) is 4. The van der Waals surface area contributed by atoms with E-state index in [0.717, 1.165) is 5.75 Å². The zero-order chi connectivity index (χ0) is 17.7. The molecule has 0 aliphatic heterocycles. The van der Waals surface area contributed by atoms with Gasteiger partial charge in [-0.3, -0.25) is 9.59 Å². The van der Waals surface area contributed by atoms with Gasteiger partial charge in [-0.05, 0) is 39.0 Å². The van der Waals surface area contributed by atoms with Crippen molar-refractivity contribution in [1.29, 1.82) is 0 Å². The van der Waals surface area contributed by atoms with Gasteiger partial charge in [0.2, 0.25) is 0 Å². The Labute approximate surface area is 141 Å². The number of amides is 1. The second-order valence-corrected chi connectivity index (χ2v) is 6.48. The predicted octanol–water partition coefficient (Wildman–Crippen LogP) is 2.19. The Kier molecular flexibility index (Phi) is 5.39. The Morgan fingerprint density at radius 3 is 2.46 bits per heavy atom. The first-order valence-corrected chi connectivity index (χ1v) is 7.83. The highest BCUT2D eigenvalue weighted by molar-refractivity contribution is 5.92. The normalized spacial score (nSPS) is 11.2. The second-order valence-electron chi connectivity index (χ2n) is 6.48. The van der Waals surface area contributed by atoms with E-state index in [1.807, 2.05) is 51.1 Å². The number of carbonyl (C=O) groups excluding carboxylic acids is 1. The smallest absolute Gasteiger partial charge is 0.274 e. The Morgan fingerprint density at radius 1 is 1.17 bits per heavy atom. The molecule has 0 saturated heterocycles. The van der Waals surface area contributed by atoms with Crippen LogP contribution in [-0.2, 0) is 6.54 Å². The van der Waals surface area contributed by atoms with Crippen LogP contribution in [0, 0.1) is 0 Å². The fourth-order valence-electron chi connectivity index (χ4n) is 1.97. The molecule has 6 nitrogen and oxygen atoms in total. The number of rotatable bonds is 5. The van der Waals surface area contributed by atoms with Crippen LogP contribution in [-0.4, -0.2) is 39.8 Å². The van der Waals surface area contributed by atoms with E-state index in [4.69, 9.17) is 4.74 Å². The number of nitrogens with zero attached hydrogens (tertiary/aromatic N) is 3. The van der Waals surface area contributed by atoms with Crippen molar-refractivity contribution in [3.63, 3.8) is 0 Å². The number of hydrogen-bond donors (Lipinski definition) is 0. The lowest BCUT2D eigenvalue weighted by molar-refractivity contribution is 0.0646. The number of para-hydroxylation sites is 1. The average Bonchev–Trinajstić information content (AvgIpc) is 2.55. The monoisotopic (exact) mass is 329 g/mol. The van der Waals surface area contributed by atoms with E-state index in [1.165, 1.54) is 16.8 Å². The van der Waals surface area contributed by atoms with E-state index in [0.29, 0.717) is 6.61 Å². The highest BCUT2D eigenvalue weighted by atomic mass is 16.5. The van der Waals surface area contributed by atoms with E-state index in [-0.39, 0.29) is 29.2 Å². The first-order valence-electron chi connectivity index (χ1n) is 7.83. The Balaban J connectivity index is 2.08. The van der Waals surface area contributed by atoms with Crippen molar-refractivity contribution >= 4 is 5.91 Å². The summed E-state index contributed by atoms with van der Waals surface area (Å²) in [6, 6.07) is 12.2. The summed E-state index contributed by atoms with van der Waals surface area (Å²) in [5.41, 5.74) is -0.343. The summed E-state index contributed by atoms with van der Waals surface area (Å²) in [5, 5.41) is 4.17. The molecule has 0 fully saturated rings. The second kappa shape index (κ2) is 7.29. The maximum atomic E-state index is 12.5. The molecule has 6 heteroatoms. The van der Waals surface area contributed by atoms with Gasteiger partial charge >= 0.3 is 0 Å². The lowest BCUT2D eigenvalue weighted by Crippen LogP contribution is -2.43. The van der Waals surface area contributed by atoms with Crippen LogP contribution in [0.3, 0.4) is 0 Å². The third-order valence-corrected chi connectivity index (χ3v) is 3.71. The number of carbonyl (C=O) groups is 1. The van der Waals surface area contributed by atoms with Crippen molar-refractivity contribution in [2.24, 2.45) is 0 Å². The van der Waals surface area contributed by atoms with Gasteiger partial charge in [0, 0.05) is 18.7 Å². The van der Waals surface area contributed by atoms with Gasteiger partial charge in [-0.25, -0.2) is 4.68 Å². The molecule has 0 saturated carbocycles. The molecule has 24 heavy (non-hydrogen) atoms. The van der Waals surface area contributed by atoms with Crippen LogP contribution in [0.4, 0.5) is 0 Å². The highest BCUT2D eigenvalue weighted by Crippen LogP contribution is 2.13. The summed E-state index contributed by atoms with van der Waals surface area (Å²) in [6.07, 6.45) is 0. The Morgan fingerprint density at radius 2 is 1.83 bits per heavy atom. The lowest BCUT2D eigenvalue weighted by Gasteiger charge is -2.31. The van der Waals surface area contributed by atoms with Crippen LogP contribution < -0.4 is 10.3 Å². The molecule has 1 amide bonds. The standard InChI is InChI=1S/C18H23N3O3/c1-18(2,3)20(4)17(23)15-10-11-16(22)21(19-15)12-13-24-14-8-6-5-7-9-14/h5-11H,12-13H2,1-4H3. The topological polar surface area (TPSA) is 64.4 Å². The van der Waals surface area contributed by atoms with Crippen molar-refractivity contribution < 1.29 is 9.53 Å². The van der Waals surface area contributed by atoms with Crippen LogP contribution in [0.25, 0.3) is 0 Å². The van der Waals surface area contributed by atoms with Gasteiger partial charge in [0.15, 0.2) is 0 Å². The number of aromatic nitrogens is 2. The minimum absolute atomic E-state index is 0.222. The molecule has 2 aromatic rings. The van der Waals surface area contributed by atoms with Crippen LogP contribution in [0.1, 0.15) is 31.3 Å². The van der Waals surface area contributed by atoms with Gasteiger partial charge < -0.3 is 9.64 Å². The van der Waals surface area contributed by atoms with Crippen molar-refractivity contribution in [3.8, 4) is 5.75 Å². The van der Waals surface area contributed by atoms with Crippen LogP contribution in [0.15, 0.2) is 47.3 Å². The molecule has 1 heterocycles. The molecule has 0 aliphatic rings. The fourth-order valence-corrected chi connectivity index (χ4v) is 1.97. The molecule has 1 aromatic carbocycles. The first kappa shape index (κ1) is 17.7. The van der Waals surface area contributed by atoms with Crippen LogP contribution in [0.2, 0.25) is 0 Å². The third-order valence-electron chi connectivity index (χ3n) is 3.71.